The van der Waals surface area contributed by atoms with Crippen LogP contribution >= 0.6 is 11.3 Å². The van der Waals surface area contributed by atoms with Gasteiger partial charge in [-0.1, -0.05) is 12.5 Å². The Bertz CT molecular complexity index is 365. The molecule has 0 spiro atoms. The van der Waals surface area contributed by atoms with E-state index in [0.29, 0.717) is 17.9 Å². The van der Waals surface area contributed by atoms with Crippen LogP contribution in [0.2, 0.25) is 0 Å². The van der Waals surface area contributed by atoms with E-state index in [2.05, 4.69) is 22.8 Å². The third-order valence-corrected chi connectivity index (χ3v) is 4.67. The predicted molar refractivity (Wildman–Crippen MR) is 65.3 cm³/mol. The number of thiophene rings is 1. The summed E-state index contributed by atoms with van der Waals surface area (Å²) in [6.07, 6.45) is 5.95. The van der Waals surface area contributed by atoms with E-state index in [0.717, 1.165) is 12.8 Å². The standard InChI is InChI=1S/C13H17NOS/c15-13(10-3-1-4-10)14-12(9-6-7-9)11-5-2-8-16-11/h2,5,8-10,12H,1,3-4,6-7H2,(H,14,15). The van der Waals surface area contributed by atoms with Gasteiger partial charge in [-0.05, 0) is 43.0 Å². The fraction of sp³-hybridized carbons (Fsp3) is 0.615. The normalized spacial score (nSPS) is 22.5. The van der Waals surface area contributed by atoms with Gasteiger partial charge in [-0.3, -0.25) is 4.79 Å². The third-order valence-electron chi connectivity index (χ3n) is 3.72. The van der Waals surface area contributed by atoms with Crippen molar-refractivity contribution in [2.75, 3.05) is 0 Å². The highest BCUT2D eigenvalue weighted by Crippen LogP contribution is 2.42. The lowest BCUT2D eigenvalue weighted by atomic mass is 9.84. The first-order chi connectivity index (χ1) is 7.84. The molecule has 2 saturated carbocycles. The van der Waals surface area contributed by atoms with Gasteiger partial charge in [-0.25, -0.2) is 0 Å². The number of hydrogen-bond donors (Lipinski definition) is 1. The van der Waals surface area contributed by atoms with E-state index in [1.165, 1.54) is 24.1 Å². The average molecular weight is 235 g/mol. The van der Waals surface area contributed by atoms with Gasteiger partial charge in [0.15, 0.2) is 0 Å². The smallest absolute Gasteiger partial charge is 0.223 e. The van der Waals surface area contributed by atoms with Gasteiger partial charge < -0.3 is 5.32 Å². The van der Waals surface area contributed by atoms with Gasteiger partial charge in [0.1, 0.15) is 0 Å². The maximum atomic E-state index is 12.0. The highest BCUT2D eigenvalue weighted by Gasteiger charge is 2.36. The Balaban J connectivity index is 1.67. The number of carbonyl (C=O) groups is 1. The summed E-state index contributed by atoms with van der Waals surface area (Å²) in [6, 6.07) is 4.52. The van der Waals surface area contributed by atoms with Gasteiger partial charge in [0.25, 0.3) is 0 Å². The summed E-state index contributed by atoms with van der Waals surface area (Å²) >= 11 is 1.76. The monoisotopic (exact) mass is 235 g/mol. The Morgan fingerprint density at radius 3 is 2.69 bits per heavy atom. The first kappa shape index (κ1) is 10.3. The molecule has 16 heavy (non-hydrogen) atoms. The molecule has 1 aromatic heterocycles. The third kappa shape index (κ3) is 2.01. The van der Waals surface area contributed by atoms with Crippen LogP contribution in [0.15, 0.2) is 17.5 Å². The minimum Gasteiger partial charge on any atom is -0.348 e. The Labute approximate surface area is 100 Å². The molecule has 0 radical (unpaired) electrons. The van der Waals surface area contributed by atoms with Crippen molar-refractivity contribution in [1.82, 2.24) is 5.32 Å². The Morgan fingerprint density at radius 1 is 1.38 bits per heavy atom. The van der Waals surface area contributed by atoms with Crippen molar-refractivity contribution >= 4 is 17.2 Å². The Morgan fingerprint density at radius 2 is 2.19 bits per heavy atom. The Kier molecular flexibility index (Phi) is 2.72. The first-order valence-corrected chi connectivity index (χ1v) is 7.06. The minimum absolute atomic E-state index is 0.288. The Hall–Kier alpha value is -0.830. The molecular weight excluding hydrogens is 218 g/mol. The molecular formula is C13H17NOS. The molecule has 0 aliphatic heterocycles. The van der Waals surface area contributed by atoms with Crippen LogP contribution in [0.1, 0.15) is 43.0 Å². The molecule has 2 nitrogen and oxygen atoms in total. The van der Waals surface area contributed by atoms with Gasteiger partial charge in [-0.2, -0.15) is 0 Å². The van der Waals surface area contributed by atoms with Crippen molar-refractivity contribution in [3.63, 3.8) is 0 Å². The number of carbonyl (C=O) groups excluding carboxylic acids is 1. The molecule has 1 atom stereocenters. The number of amides is 1. The molecule has 2 aliphatic rings. The van der Waals surface area contributed by atoms with Gasteiger partial charge in [0.2, 0.25) is 5.91 Å². The van der Waals surface area contributed by atoms with Crippen LogP contribution in [-0.2, 0) is 4.79 Å². The van der Waals surface area contributed by atoms with E-state index in [9.17, 15) is 4.79 Å². The lowest BCUT2D eigenvalue weighted by molar-refractivity contribution is -0.128. The molecule has 2 aliphatic carbocycles. The molecule has 0 aromatic carbocycles. The molecule has 1 aromatic rings. The van der Waals surface area contributed by atoms with Crippen LogP contribution in [0.3, 0.4) is 0 Å². The second-order valence-electron chi connectivity index (χ2n) is 4.97. The maximum absolute atomic E-state index is 12.0. The van der Waals surface area contributed by atoms with Crippen LogP contribution in [0, 0.1) is 11.8 Å². The molecule has 1 heterocycles. The fourth-order valence-electron chi connectivity index (χ4n) is 2.26. The summed E-state index contributed by atoms with van der Waals surface area (Å²) < 4.78 is 0. The number of hydrogen-bond acceptors (Lipinski definition) is 2. The van der Waals surface area contributed by atoms with Crippen molar-refractivity contribution in [3.8, 4) is 0 Å². The topological polar surface area (TPSA) is 29.1 Å². The zero-order chi connectivity index (χ0) is 11.0. The van der Waals surface area contributed by atoms with Gasteiger partial charge in [0.05, 0.1) is 6.04 Å². The zero-order valence-electron chi connectivity index (χ0n) is 9.32. The molecule has 2 fully saturated rings. The second-order valence-corrected chi connectivity index (χ2v) is 5.95. The molecule has 86 valence electrons. The van der Waals surface area contributed by atoms with Crippen molar-refractivity contribution in [1.29, 1.82) is 0 Å². The molecule has 3 heteroatoms. The highest BCUT2D eigenvalue weighted by atomic mass is 32.1. The number of nitrogens with one attached hydrogen (secondary N) is 1. The lowest BCUT2D eigenvalue weighted by Crippen LogP contribution is -2.37. The average Bonchev–Trinajstić information content (AvgIpc) is 2.87. The van der Waals surface area contributed by atoms with Crippen LogP contribution in [-0.4, -0.2) is 5.91 Å². The molecule has 0 bridgehead atoms. The van der Waals surface area contributed by atoms with Gasteiger partial charge in [0, 0.05) is 10.8 Å². The zero-order valence-corrected chi connectivity index (χ0v) is 10.1. The van der Waals surface area contributed by atoms with E-state index >= 15 is 0 Å². The molecule has 1 unspecified atom stereocenters. The summed E-state index contributed by atoms with van der Waals surface area (Å²) in [4.78, 5) is 13.3. The van der Waals surface area contributed by atoms with Crippen LogP contribution in [0.25, 0.3) is 0 Å². The summed E-state index contributed by atoms with van der Waals surface area (Å²) in [5, 5.41) is 5.35. The van der Waals surface area contributed by atoms with Gasteiger partial charge in [-0.15, -0.1) is 11.3 Å². The SMILES string of the molecule is O=C(NC(c1cccs1)C1CC1)C1CCC1. The van der Waals surface area contributed by atoms with E-state index in [1.807, 2.05) is 0 Å². The van der Waals surface area contributed by atoms with E-state index in [-0.39, 0.29) is 5.91 Å². The summed E-state index contributed by atoms with van der Waals surface area (Å²) in [5.74, 6) is 1.29. The quantitative estimate of drug-likeness (QED) is 0.853. The largest absolute Gasteiger partial charge is 0.348 e. The maximum Gasteiger partial charge on any atom is 0.223 e. The van der Waals surface area contributed by atoms with Crippen molar-refractivity contribution in [2.24, 2.45) is 11.8 Å². The van der Waals surface area contributed by atoms with Crippen molar-refractivity contribution < 1.29 is 4.79 Å². The summed E-state index contributed by atoms with van der Waals surface area (Å²) in [7, 11) is 0. The highest BCUT2D eigenvalue weighted by molar-refractivity contribution is 7.10. The van der Waals surface area contributed by atoms with Crippen LogP contribution in [0.4, 0.5) is 0 Å². The van der Waals surface area contributed by atoms with Crippen molar-refractivity contribution in [3.05, 3.63) is 22.4 Å². The first-order valence-electron chi connectivity index (χ1n) is 6.18. The predicted octanol–water partition coefficient (Wildman–Crippen LogP) is 3.12. The van der Waals surface area contributed by atoms with Crippen molar-refractivity contribution in [2.45, 2.75) is 38.1 Å². The molecule has 3 rings (SSSR count). The van der Waals surface area contributed by atoms with Gasteiger partial charge >= 0.3 is 0 Å². The molecule has 1 N–H and O–H groups in total. The number of rotatable bonds is 4. The molecule has 1 amide bonds. The van der Waals surface area contributed by atoms with E-state index in [4.69, 9.17) is 0 Å². The minimum atomic E-state index is 0.288. The van der Waals surface area contributed by atoms with Crippen LogP contribution < -0.4 is 5.32 Å². The molecule has 0 saturated heterocycles. The summed E-state index contributed by atoms with van der Waals surface area (Å²) in [5.41, 5.74) is 0. The fourth-order valence-corrected chi connectivity index (χ4v) is 3.13. The lowest BCUT2D eigenvalue weighted by Gasteiger charge is -2.27. The van der Waals surface area contributed by atoms with E-state index in [1.54, 1.807) is 11.3 Å². The summed E-state index contributed by atoms with van der Waals surface area (Å²) in [6.45, 7) is 0. The van der Waals surface area contributed by atoms with Crippen LogP contribution in [0.5, 0.6) is 0 Å². The van der Waals surface area contributed by atoms with E-state index < -0.39 is 0 Å². The second kappa shape index (κ2) is 4.21.